The number of hydrogen-bond donors (Lipinski definition) is 0. The van der Waals surface area contributed by atoms with Crippen LogP contribution < -0.4 is 4.74 Å². The normalized spacial score (nSPS) is 10.8. The minimum absolute atomic E-state index is 0.494. The van der Waals surface area contributed by atoms with Gasteiger partial charge in [-0.05, 0) is 17.7 Å². The largest absolute Gasteiger partial charge is 0.437 e. The minimum Gasteiger partial charge on any atom is -0.437 e. The van der Waals surface area contributed by atoms with Crippen LogP contribution in [0.5, 0.6) is 11.6 Å². The Bertz CT molecular complexity index is 942. The summed E-state index contributed by atoms with van der Waals surface area (Å²) in [7, 11) is 0. The lowest BCUT2D eigenvalue weighted by Crippen LogP contribution is -1.90. The summed E-state index contributed by atoms with van der Waals surface area (Å²) in [5.41, 5.74) is 1.98. The molecule has 4 nitrogen and oxygen atoms in total. The van der Waals surface area contributed by atoms with E-state index >= 15 is 0 Å². The number of ether oxygens (including phenoxy) is 1. The molecule has 0 bridgehead atoms. The van der Waals surface area contributed by atoms with Crippen molar-refractivity contribution in [3.05, 3.63) is 72.6 Å². The van der Waals surface area contributed by atoms with Crippen LogP contribution in [0.4, 0.5) is 0 Å². The zero-order valence-corrected chi connectivity index (χ0v) is 14.3. The van der Waals surface area contributed by atoms with Gasteiger partial charge in [-0.3, -0.25) is 0 Å². The van der Waals surface area contributed by atoms with Crippen LogP contribution in [0.15, 0.2) is 71.3 Å². The van der Waals surface area contributed by atoms with Crippen molar-refractivity contribution in [3.8, 4) is 11.6 Å². The Balaban J connectivity index is 1.57. The quantitative estimate of drug-likeness (QED) is 0.464. The topological polar surface area (TPSA) is 47.9 Å². The van der Waals surface area contributed by atoms with Gasteiger partial charge in [-0.25, -0.2) is 9.97 Å². The molecule has 0 saturated carbocycles. The number of aromatic nitrogens is 3. The second-order valence-corrected chi connectivity index (χ2v) is 7.20. The highest BCUT2D eigenvalue weighted by Gasteiger charge is 2.13. The van der Waals surface area contributed by atoms with E-state index in [1.54, 1.807) is 23.1 Å². The molecule has 2 heterocycles. The summed E-state index contributed by atoms with van der Waals surface area (Å²) in [4.78, 5) is 14.0. The van der Waals surface area contributed by atoms with Crippen LogP contribution >= 0.6 is 23.1 Å². The van der Waals surface area contributed by atoms with E-state index in [-0.39, 0.29) is 0 Å². The van der Waals surface area contributed by atoms with Gasteiger partial charge < -0.3 is 4.74 Å². The third kappa shape index (κ3) is 3.39. The lowest BCUT2D eigenvalue weighted by molar-refractivity contribution is 0.467. The molecule has 0 aliphatic carbocycles. The lowest BCUT2D eigenvalue weighted by atomic mass is 10.2. The molecule has 118 valence electrons. The fourth-order valence-corrected chi connectivity index (χ4v) is 4.09. The first-order valence-electron chi connectivity index (χ1n) is 7.40. The maximum absolute atomic E-state index is 5.85. The molecular formula is C18H13N3OS2. The van der Waals surface area contributed by atoms with E-state index in [0.717, 1.165) is 20.7 Å². The Hall–Kier alpha value is -2.44. The molecule has 0 aliphatic heterocycles. The minimum atomic E-state index is 0.494. The van der Waals surface area contributed by atoms with Gasteiger partial charge in [0.2, 0.25) is 5.88 Å². The molecule has 6 heteroatoms. The predicted molar refractivity (Wildman–Crippen MR) is 97.7 cm³/mol. The van der Waals surface area contributed by atoms with Crippen LogP contribution in [0.1, 0.15) is 5.56 Å². The van der Waals surface area contributed by atoms with Gasteiger partial charge in [0.05, 0.1) is 0 Å². The maximum Gasteiger partial charge on any atom is 0.250 e. The molecule has 0 N–H and O–H groups in total. The molecule has 0 saturated heterocycles. The van der Waals surface area contributed by atoms with E-state index in [1.807, 2.05) is 48.5 Å². The summed E-state index contributed by atoms with van der Waals surface area (Å²) >= 11 is 3.26. The average molecular weight is 351 g/mol. The predicted octanol–water partition coefficient (Wildman–Crippen LogP) is 5.17. The summed E-state index contributed by atoms with van der Waals surface area (Å²) in [5, 5.41) is 0. The Labute approximate surface area is 147 Å². The van der Waals surface area contributed by atoms with E-state index in [1.165, 1.54) is 11.9 Å². The van der Waals surface area contributed by atoms with E-state index in [2.05, 4.69) is 27.1 Å². The molecule has 0 fully saturated rings. The SMILES string of the molecule is c1ccc(CSc2nc3c(Oc4ccccc4)ncnc3s2)cc1. The van der Waals surface area contributed by atoms with E-state index < -0.39 is 0 Å². The van der Waals surface area contributed by atoms with E-state index in [0.29, 0.717) is 11.4 Å². The second kappa shape index (κ2) is 6.98. The van der Waals surface area contributed by atoms with Crippen molar-refractivity contribution in [1.29, 1.82) is 0 Å². The Kier molecular flexibility index (Phi) is 4.40. The number of hydrogen-bond acceptors (Lipinski definition) is 6. The monoisotopic (exact) mass is 351 g/mol. The molecule has 2 aromatic heterocycles. The molecule has 4 aromatic rings. The standard InChI is InChI=1S/C18H13N3OS2/c1-3-7-13(8-4-1)11-23-18-21-15-16(19-12-20-17(15)24-18)22-14-9-5-2-6-10-14/h1-10,12H,11H2. The van der Waals surface area contributed by atoms with Crippen molar-refractivity contribution in [2.75, 3.05) is 0 Å². The Morgan fingerprint density at radius 3 is 2.46 bits per heavy atom. The zero-order valence-electron chi connectivity index (χ0n) is 12.6. The maximum atomic E-state index is 5.85. The molecule has 2 aromatic carbocycles. The van der Waals surface area contributed by atoms with Gasteiger partial charge in [-0.15, -0.1) is 0 Å². The molecule has 0 aliphatic rings. The summed E-state index contributed by atoms with van der Waals surface area (Å²) in [6, 6.07) is 19.9. The third-order valence-corrected chi connectivity index (χ3v) is 5.48. The first-order valence-corrected chi connectivity index (χ1v) is 9.20. The van der Waals surface area contributed by atoms with Crippen LogP contribution in [-0.4, -0.2) is 15.0 Å². The van der Waals surface area contributed by atoms with Crippen molar-refractivity contribution in [2.24, 2.45) is 0 Å². The van der Waals surface area contributed by atoms with Gasteiger partial charge in [-0.2, -0.15) is 4.98 Å². The first-order chi connectivity index (χ1) is 11.9. The number of benzene rings is 2. The van der Waals surface area contributed by atoms with Crippen molar-refractivity contribution >= 4 is 33.4 Å². The van der Waals surface area contributed by atoms with Gasteiger partial charge in [0.15, 0.2) is 14.7 Å². The molecule has 0 amide bonds. The molecule has 0 atom stereocenters. The van der Waals surface area contributed by atoms with Crippen molar-refractivity contribution in [1.82, 2.24) is 15.0 Å². The first kappa shape index (κ1) is 15.1. The molecular weight excluding hydrogens is 338 g/mol. The highest BCUT2D eigenvalue weighted by atomic mass is 32.2. The average Bonchev–Trinajstić information content (AvgIpc) is 3.06. The number of thiazole rings is 1. The molecule has 24 heavy (non-hydrogen) atoms. The van der Waals surface area contributed by atoms with E-state index in [9.17, 15) is 0 Å². The zero-order chi connectivity index (χ0) is 16.2. The summed E-state index contributed by atoms with van der Waals surface area (Å²) in [6.07, 6.45) is 1.52. The molecule has 0 spiro atoms. The number of fused-ring (bicyclic) bond motifs is 1. The van der Waals surface area contributed by atoms with Gasteiger partial charge in [0, 0.05) is 5.75 Å². The smallest absolute Gasteiger partial charge is 0.250 e. The molecule has 0 unspecified atom stereocenters. The lowest BCUT2D eigenvalue weighted by Gasteiger charge is -2.03. The van der Waals surface area contributed by atoms with Crippen LogP contribution in [0.3, 0.4) is 0 Å². The molecule has 0 radical (unpaired) electrons. The second-order valence-electron chi connectivity index (χ2n) is 5.00. The highest BCUT2D eigenvalue weighted by molar-refractivity contribution is 8.00. The van der Waals surface area contributed by atoms with Crippen molar-refractivity contribution < 1.29 is 4.74 Å². The Morgan fingerprint density at radius 2 is 1.67 bits per heavy atom. The Morgan fingerprint density at radius 1 is 0.917 bits per heavy atom. The van der Waals surface area contributed by atoms with E-state index in [4.69, 9.17) is 4.74 Å². The van der Waals surface area contributed by atoms with Gasteiger partial charge in [-0.1, -0.05) is 71.6 Å². The fourth-order valence-electron chi connectivity index (χ4n) is 2.17. The van der Waals surface area contributed by atoms with Crippen molar-refractivity contribution in [3.63, 3.8) is 0 Å². The highest BCUT2D eigenvalue weighted by Crippen LogP contribution is 2.34. The number of nitrogens with zero attached hydrogens (tertiary/aromatic N) is 3. The summed E-state index contributed by atoms with van der Waals surface area (Å²) in [6.45, 7) is 0. The number of rotatable bonds is 5. The van der Waals surface area contributed by atoms with Gasteiger partial charge >= 0.3 is 0 Å². The van der Waals surface area contributed by atoms with Gasteiger partial charge in [0.1, 0.15) is 12.1 Å². The summed E-state index contributed by atoms with van der Waals surface area (Å²) < 4.78 is 6.82. The van der Waals surface area contributed by atoms with Crippen LogP contribution in [-0.2, 0) is 5.75 Å². The van der Waals surface area contributed by atoms with Crippen LogP contribution in [0.25, 0.3) is 10.3 Å². The van der Waals surface area contributed by atoms with Crippen LogP contribution in [0.2, 0.25) is 0 Å². The summed E-state index contributed by atoms with van der Waals surface area (Å²) in [5.74, 6) is 2.11. The number of para-hydroxylation sites is 1. The third-order valence-electron chi connectivity index (χ3n) is 3.31. The fraction of sp³-hybridized carbons (Fsp3) is 0.0556. The number of thioether (sulfide) groups is 1. The van der Waals surface area contributed by atoms with Crippen LogP contribution in [0, 0.1) is 0 Å². The van der Waals surface area contributed by atoms with Gasteiger partial charge in [0.25, 0.3) is 0 Å². The molecule has 4 rings (SSSR count). The van der Waals surface area contributed by atoms with Crippen molar-refractivity contribution in [2.45, 2.75) is 10.1 Å².